The molecule has 0 spiro atoms. The highest BCUT2D eigenvalue weighted by atomic mass is 32.2. The second kappa shape index (κ2) is 10.2. The Morgan fingerprint density at radius 3 is 2.59 bits per heavy atom. The number of methoxy groups -OCH3 is 1. The first kappa shape index (κ1) is 24.3. The van der Waals surface area contributed by atoms with Gasteiger partial charge in [-0.15, -0.1) is 11.3 Å². The third-order valence-corrected chi connectivity index (χ3v) is 7.89. The SMILES string of the molecule is COc1cc(C(=O)O)c(F)cc1NSc1csc(-c2ccc(NC3CCC(C)(C)CC3)cc2)n1. The summed E-state index contributed by atoms with van der Waals surface area (Å²) in [6.07, 6.45) is 4.89. The average Bonchev–Trinajstić information content (AvgIpc) is 3.28. The molecule has 1 aliphatic carbocycles. The highest BCUT2D eigenvalue weighted by molar-refractivity contribution is 8.00. The van der Waals surface area contributed by atoms with E-state index in [1.807, 2.05) is 5.38 Å². The van der Waals surface area contributed by atoms with Crippen LogP contribution in [0.4, 0.5) is 15.8 Å². The normalized spacial score (nSPS) is 15.6. The molecule has 0 aliphatic heterocycles. The third kappa shape index (κ3) is 5.82. The monoisotopic (exact) mass is 501 g/mol. The van der Waals surface area contributed by atoms with Gasteiger partial charge in [0.05, 0.1) is 18.4 Å². The minimum Gasteiger partial charge on any atom is -0.495 e. The molecular formula is C25H28FN3O3S2. The maximum Gasteiger partial charge on any atom is 0.338 e. The standard InChI is InChI=1S/C25H28FN3O3S2/c1-25(2)10-8-17(9-11-25)27-16-6-4-15(5-7-16)23-28-22(14-33-23)34-29-20-13-19(26)18(24(30)31)12-21(20)32-3/h4-7,12-14,17,27,29H,8-11H2,1-3H3,(H,30,31). The molecule has 0 bridgehead atoms. The van der Waals surface area contributed by atoms with Crippen molar-refractivity contribution in [3.63, 3.8) is 0 Å². The summed E-state index contributed by atoms with van der Waals surface area (Å²) in [5.41, 5.74) is 2.51. The Kier molecular flexibility index (Phi) is 7.33. The van der Waals surface area contributed by atoms with Gasteiger partial charge >= 0.3 is 5.97 Å². The van der Waals surface area contributed by atoms with Crippen molar-refractivity contribution in [3.05, 3.63) is 53.2 Å². The molecule has 0 saturated heterocycles. The molecule has 1 aliphatic rings. The van der Waals surface area contributed by atoms with E-state index in [9.17, 15) is 9.18 Å². The van der Waals surface area contributed by atoms with Crippen molar-refractivity contribution < 1.29 is 19.0 Å². The Bertz CT molecular complexity index is 1150. The van der Waals surface area contributed by atoms with Crippen LogP contribution < -0.4 is 14.8 Å². The molecule has 0 amide bonds. The van der Waals surface area contributed by atoms with Crippen molar-refractivity contribution in [2.75, 3.05) is 17.1 Å². The van der Waals surface area contributed by atoms with E-state index >= 15 is 0 Å². The van der Waals surface area contributed by atoms with E-state index in [4.69, 9.17) is 9.84 Å². The summed E-state index contributed by atoms with van der Waals surface area (Å²) in [6, 6.07) is 11.1. The minimum atomic E-state index is -1.34. The number of benzene rings is 2. The number of thiazole rings is 1. The first-order valence-electron chi connectivity index (χ1n) is 11.1. The van der Waals surface area contributed by atoms with Crippen molar-refractivity contribution in [1.29, 1.82) is 0 Å². The molecular weight excluding hydrogens is 473 g/mol. The van der Waals surface area contributed by atoms with Gasteiger partial charge < -0.3 is 19.9 Å². The van der Waals surface area contributed by atoms with Gasteiger partial charge in [0.15, 0.2) is 0 Å². The van der Waals surface area contributed by atoms with Crippen molar-refractivity contribution in [2.45, 2.75) is 50.6 Å². The lowest BCUT2D eigenvalue weighted by Gasteiger charge is -2.35. The fourth-order valence-electron chi connectivity index (χ4n) is 4.00. The van der Waals surface area contributed by atoms with Crippen LogP contribution in [0.15, 0.2) is 46.8 Å². The zero-order valence-corrected chi connectivity index (χ0v) is 21.0. The molecule has 9 heteroatoms. The van der Waals surface area contributed by atoms with Gasteiger partial charge in [0.25, 0.3) is 0 Å². The molecule has 4 rings (SSSR count). The van der Waals surface area contributed by atoms with E-state index in [-0.39, 0.29) is 5.75 Å². The summed E-state index contributed by atoms with van der Waals surface area (Å²) in [5.74, 6) is -1.93. The van der Waals surface area contributed by atoms with Crippen LogP contribution in [-0.4, -0.2) is 29.2 Å². The van der Waals surface area contributed by atoms with Crippen molar-refractivity contribution in [2.24, 2.45) is 5.41 Å². The number of carboxylic acid groups (broad SMARTS) is 1. The number of aromatic carboxylic acids is 1. The second-order valence-electron chi connectivity index (χ2n) is 9.19. The van der Waals surface area contributed by atoms with Gasteiger partial charge in [-0.1, -0.05) is 13.8 Å². The van der Waals surface area contributed by atoms with Gasteiger partial charge in [0.1, 0.15) is 21.6 Å². The van der Waals surface area contributed by atoms with Crippen LogP contribution in [0.1, 0.15) is 49.9 Å². The zero-order chi connectivity index (χ0) is 24.3. The Hall–Kier alpha value is -2.78. The second-order valence-corrected chi connectivity index (χ2v) is 10.9. The van der Waals surface area contributed by atoms with Crippen LogP contribution in [0.25, 0.3) is 10.6 Å². The Morgan fingerprint density at radius 1 is 1.24 bits per heavy atom. The van der Waals surface area contributed by atoms with Crippen molar-refractivity contribution in [3.8, 4) is 16.3 Å². The van der Waals surface area contributed by atoms with E-state index in [0.717, 1.165) is 33.4 Å². The highest BCUT2D eigenvalue weighted by Gasteiger charge is 2.26. The molecule has 34 heavy (non-hydrogen) atoms. The maximum atomic E-state index is 14.1. The van der Waals surface area contributed by atoms with Crippen LogP contribution >= 0.6 is 23.3 Å². The van der Waals surface area contributed by atoms with Gasteiger partial charge in [0, 0.05) is 40.7 Å². The summed E-state index contributed by atoms with van der Waals surface area (Å²) < 4.78 is 22.3. The molecule has 3 aromatic rings. The fraction of sp³-hybridized carbons (Fsp3) is 0.360. The summed E-state index contributed by atoms with van der Waals surface area (Å²) in [5, 5.41) is 16.3. The molecule has 1 aromatic heterocycles. The number of aromatic nitrogens is 1. The molecule has 1 saturated carbocycles. The molecule has 2 aromatic carbocycles. The van der Waals surface area contributed by atoms with Gasteiger partial charge in [0.2, 0.25) is 0 Å². The summed E-state index contributed by atoms with van der Waals surface area (Å²) >= 11 is 2.73. The number of anilines is 2. The van der Waals surface area contributed by atoms with E-state index in [1.165, 1.54) is 56.1 Å². The number of hydrogen-bond acceptors (Lipinski definition) is 7. The van der Waals surface area contributed by atoms with Crippen molar-refractivity contribution >= 4 is 40.6 Å². The first-order chi connectivity index (χ1) is 16.2. The molecule has 0 atom stereocenters. The predicted octanol–water partition coefficient (Wildman–Crippen LogP) is 7.16. The van der Waals surface area contributed by atoms with Crippen LogP contribution in [0, 0.1) is 11.2 Å². The number of carboxylic acids is 1. The first-order valence-corrected chi connectivity index (χ1v) is 12.8. The summed E-state index contributed by atoms with van der Waals surface area (Å²) in [7, 11) is 1.41. The number of ether oxygens (including phenoxy) is 1. The lowest BCUT2D eigenvalue weighted by Crippen LogP contribution is -2.29. The quantitative estimate of drug-likeness (QED) is 0.283. The number of nitrogens with zero attached hydrogens (tertiary/aromatic N) is 1. The van der Waals surface area contributed by atoms with Gasteiger partial charge in [-0.25, -0.2) is 14.2 Å². The van der Waals surface area contributed by atoms with Crippen LogP contribution in [0.5, 0.6) is 5.75 Å². The fourth-order valence-corrected chi connectivity index (χ4v) is 5.59. The minimum absolute atomic E-state index is 0.242. The van der Waals surface area contributed by atoms with Gasteiger partial charge in [-0.2, -0.15) is 0 Å². The number of nitrogens with one attached hydrogen (secondary N) is 2. The molecule has 6 nitrogen and oxygen atoms in total. The molecule has 0 radical (unpaired) electrons. The zero-order valence-electron chi connectivity index (χ0n) is 19.4. The lowest BCUT2D eigenvalue weighted by atomic mass is 9.75. The highest BCUT2D eigenvalue weighted by Crippen LogP contribution is 2.37. The van der Waals surface area contributed by atoms with Crippen LogP contribution in [0.2, 0.25) is 0 Å². The lowest BCUT2D eigenvalue weighted by molar-refractivity contribution is 0.0691. The predicted molar refractivity (Wildman–Crippen MR) is 137 cm³/mol. The average molecular weight is 502 g/mol. The van der Waals surface area contributed by atoms with E-state index in [0.29, 0.717) is 17.1 Å². The van der Waals surface area contributed by atoms with Gasteiger partial charge in [-0.3, -0.25) is 0 Å². The Balaban J connectivity index is 1.37. The van der Waals surface area contributed by atoms with Gasteiger partial charge in [-0.05, 0) is 61.4 Å². The summed E-state index contributed by atoms with van der Waals surface area (Å²) in [6.45, 7) is 4.69. The number of halogens is 1. The van der Waals surface area contributed by atoms with E-state index in [1.54, 1.807) is 0 Å². The van der Waals surface area contributed by atoms with E-state index in [2.05, 4.69) is 53.1 Å². The van der Waals surface area contributed by atoms with Crippen LogP contribution in [0.3, 0.4) is 0 Å². The Morgan fingerprint density at radius 2 is 1.94 bits per heavy atom. The number of rotatable bonds is 8. The third-order valence-electron chi connectivity index (χ3n) is 6.11. The molecule has 1 heterocycles. The molecule has 180 valence electrons. The molecule has 0 unspecified atom stereocenters. The van der Waals surface area contributed by atoms with E-state index < -0.39 is 17.3 Å². The summed E-state index contributed by atoms with van der Waals surface area (Å²) in [4.78, 5) is 15.8. The topological polar surface area (TPSA) is 83.5 Å². The molecule has 3 N–H and O–H groups in total. The molecule has 1 fully saturated rings. The number of carbonyl (C=O) groups is 1. The number of hydrogen-bond donors (Lipinski definition) is 3. The van der Waals surface area contributed by atoms with Crippen LogP contribution in [-0.2, 0) is 0 Å². The largest absolute Gasteiger partial charge is 0.495 e. The smallest absolute Gasteiger partial charge is 0.338 e. The van der Waals surface area contributed by atoms with Crippen molar-refractivity contribution in [1.82, 2.24) is 4.98 Å². The Labute approximate surface area is 207 Å². The maximum absolute atomic E-state index is 14.1.